The minimum atomic E-state index is 0.112. The Balaban J connectivity index is 1.82. The Kier molecular flexibility index (Phi) is 2.74. The van der Waals surface area contributed by atoms with Gasteiger partial charge < -0.3 is 10.1 Å². The number of nitrogens with zero attached hydrogens (tertiary/aromatic N) is 3. The molecular weight excluding hydrogens is 240 g/mol. The Labute approximate surface area is 113 Å². The van der Waals surface area contributed by atoms with Crippen LogP contribution in [0.1, 0.15) is 26.0 Å². The summed E-state index contributed by atoms with van der Waals surface area (Å²) < 4.78 is 7.32. The van der Waals surface area contributed by atoms with Crippen LogP contribution >= 0.6 is 0 Å². The molecule has 2 unspecified atom stereocenters. The maximum atomic E-state index is 5.46. The zero-order valence-corrected chi connectivity index (χ0v) is 11.8. The third-order valence-electron chi connectivity index (χ3n) is 4.31. The predicted molar refractivity (Wildman–Crippen MR) is 74.3 cm³/mol. The van der Waals surface area contributed by atoms with Gasteiger partial charge in [0.05, 0.1) is 6.10 Å². The smallest absolute Gasteiger partial charge is 0.243 e. The molecule has 19 heavy (non-hydrogen) atoms. The van der Waals surface area contributed by atoms with E-state index in [9.17, 15) is 0 Å². The van der Waals surface area contributed by atoms with Crippen molar-refractivity contribution in [1.82, 2.24) is 14.6 Å². The van der Waals surface area contributed by atoms with Gasteiger partial charge in [-0.2, -0.15) is 4.98 Å². The Hall–Kier alpha value is -1.62. The van der Waals surface area contributed by atoms with Crippen molar-refractivity contribution >= 4 is 11.6 Å². The second-order valence-electron chi connectivity index (χ2n) is 5.85. The molecule has 5 nitrogen and oxygen atoms in total. The van der Waals surface area contributed by atoms with Gasteiger partial charge in [0.2, 0.25) is 5.95 Å². The van der Waals surface area contributed by atoms with Crippen LogP contribution in [0.15, 0.2) is 18.2 Å². The van der Waals surface area contributed by atoms with Gasteiger partial charge >= 0.3 is 0 Å². The quantitative estimate of drug-likeness (QED) is 0.919. The molecule has 2 heterocycles. The molecule has 2 aromatic rings. The summed E-state index contributed by atoms with van der Waals surface area (Å²) >= 11 is 0. The van der Waals surface area contributed by atoms with Crippen molar-refractivity contribution in [2.45, 2.75) is 39.3 Å². The van der Waals surface area contributed by atoms with E-state index in [4.69, 9.17) is 4.74 Å². The lowest BCUT2D eigenvalue weighted by molar-refractivity contribution is -0.0796. The van der Waals surface area contributed by atoms with Gasteiger partial charge in [-0.25, -0.2) is 4.52 Å². The van der Waals surface area contributed by atoms with Crippen LogP contribution in [-0.2, 0) is 4.74 Å². The Bertz CT molecular complexity index is 605. The van der Waals surface area contributed by atoms with Gasteiger partial charge in [0.25, 0.3) is 0 Å². The standard InChI is InChI=1S/C14H20N4O/c1-9-6-5-7-12-16-13(17-18(9)12)15-10-8-11(19-4)14(10,2)3/h5-7,10-11H,8H2,1-4H3,(H,15,17). The summed E-state index contributed by atoms with van der Waals surface area (Å²) in [7, 11) is 1.77. The molecule has 0 aromatic carbocycles. The Morgan fingerprint density at radius 1 is 1.42 bits per heavy atom. The summed E-state index contributed by atoms with van der Waals surface area (Å²) in [5.74, 6) is 0.696. The second-order valence-corrected chi connectivity index (χ2v) is 5.85. The highest BCUT2D eigenvalue weighted by Crippen LogP contribution is 2.43. The number of aromatic nitrogens is 3. The van der Waals surface area contributed by atoms with Crippen molar-refractivity contribution in [3.63, 3.8) is 0 Å². The summed E-state index contributed by atoms with van der Waals surface area (Å²) in [6, 6.07) is 6.35. The topological polar surface area (TPSA) is 51.5 Å². The Morgan fingerprint density at radius 3 is 2.84 bits per heavy atom. The molecule has 1 fully saturated rings. The third-order valence-corrected chi connectivity index (χ3v) is 4.31. The fourth-order valence-electron chi connectivity index (χ4n) is 2.78. The largest absolute Gasteiger partial charge is 0.381 e. The van der Waals surface area contributed by atoms with Crippen LogP contribution in [0.2, 0.25) is 0 Å². The number of hydrogen-bond donors (Lipinski definition) is 1. The molecule has 0 radical (unpaired) electrons. The van der Waals surface area contributed by atoms with E-state index in [0.29, 0.717) is 18.1 Å². The highest BCUT2D eigenvalue weighted by atomic mass is 16.5. The van der Waals surface area contributed by atoms with Crippen LogP contribution in [0.5, 0.6) is 0 Å². The number of hydrogen-bond acceptors (Lipinski definition) is 4. The number of nitrogens with one attached hydrogen (secondary N) is 1. The fourth-order valence-corrected chi connectivity index (χ4v) is 2.78. The molecule has 0 aliphatic heterocycles. The molecule has 0 amide bonds. The van der Waals surface area contributed by atoms with Gasteiger partial charge in [-0.3, -0.25) is 0 Å². The summed E-state index contributed by atoms with van der Waals surface area (Å²) in [6.07, 6.45) is 1.31. The number of fused-ring (bicyclic) bond motifs is 1. The maximum Gasteiger partial charge on any atom is 0.243 e. The predicted octanol–water partition coefficient (Wildman–Crippen LogP) is 2.26. The van der Waals surface area contributed by atoms with Gasteiger partial charge in [-0.05, 0) is 25.5 Å². The first-order valence-corrected chi connectivity index (χ1v) is 6.64. The minimum absolute atomic E-state index is 0.112. The molecule has 102 valence electrons. The molecule has 5 heteroatoms. The first kappa shape index (κ1) is 12.4. The van der Waals surface area contributed by atoms with E-state index in [1.54, 1.807) is 7.11 Å². The van der Waals surface area contributed by atoms with Gasteiger partial charge in [0.15, 0.2) is 5.65 Å². The van der Waals surface area contributed by atoms with Crippen molar-refractivity contribution in [3.8, 4) is 0 Å². The van der Waals surface area contributed by atoms with Crippen LogP contribution in [0.4, 0.5) is 5.95 Å². The van der Waals surface area contributed by atoms with Crippen molar-refractivity contribution in [2.24, 2.45) is 5.41 Å². The highest BCUT2D eigenvalue weighted by Gasteiger charge is 2.48. The highest BCUT2D eigenvalue weighted by molar-refractivity contribution is 5.45. The zero-order chi connectivity index (χ0) is 13.6. The van der Waals surface area contributed by atoms with E-state index >= 15 is 0 Å². The first-order chi connectivity index (χ1) is 9.02. The van der Waals surface area contributed by atoms with E-state index in [2.05, 4.69) is 29.2 Å². The molecule has 0 bridgehead atoms. The van der Waals surface area contributed by atoms with E-state index in [1.807, 2.05) is 29.6 Å². The van der Waals surface area contributed by atoms with E-state index in [0.717, 1.165) is 17.8 Å². The summed E-state index contributed by atoms with van der Waals surface area (Å²) in [5, 5.41) is 7.93. The first-order valence-electron chi connectivity index (χ1n) is 6.64. The molecule has 2 atom stereocenters. The van der Waals surface area contributed by atoms with Gasteiger partial charge in [-0.15, -0.1) is 5.10 Å². The van der Waals surface area contributed by atoms with Gasteiger partial charge in [0.1, 0.15) is 0 Å². The normalized spacial score (nSPS) is 25.3. The summed E-state index contributed by atoms with van der Waals surface area (Å²) in [4.78, 5) is 4.51. The lowest BCUT2D eigenvalue weighted by Gasteiger charge is -2.51. The summed E-state index contributed by atoms with van der Waals surface area (Å²) in [6.45, 7) is 6.45. The van der Waals surface area contributed by atoms with Gasteiger partial charge in [-0.1, -0.05) is 19.9 Å². The number of methoxy groups -OCH3 is 1. The molecule has 1 aliphatic carbocycles. The molecule has 3 rings (SSSR count). The fraction of sp³-hybridized carbons (Fsp3) is 0.571. The Morgan fingerprint density at radius 2 is 2.21 bits per heavy atom. The minimum Gasteiger partial charge on any atom is -0.381 e. The van der Waals surface area contributed by atoms with Crippen molar-refractivity contribution in [1.29, 1.82) is 0 Å². The average molecular weight is 260 g/mol. The molecule has 0 spiro atoms. The number of rotatable bonds is 3. The number of aryl methyl sites for hydroxylation is 1. The van der Waals surface area contributed by atoms with Gasteiger partial charge in [0, 0.05) is 24.3 Å². The second kappa shape index (κ2) is 4.20. The monoisotopic (exact) mass is 260 g/mol. The van der Waals surface area contributed by atoms with E-state index in [1.165, 1.54) is 0 Å². The lowest BCUT2D eigenvalue weighted by atomic mass is 9.64. The molecule has 2 aromatic heterocycles. The summed E-state index contributed by atoms with van der Waals surface area (Å²) in [5.41, 5.74) is 2.07. The van der Waals surface area contributed by atoms with Crippen LogP contribution in [0.3, 0.4) is 0 Å². The van der Waals surface area contributed by atoms with Crippen LogP contribution in [-0.4, -0.2) is 33.9 Å². The number of ether oxygens (including phenoxy) is 1. The van der Waals surface area contributed by atoms with E-state index < -0.39 is 0 Å². The average Bonchev–Trinajstić information content (AvgIpc) is 2.78. The van der Waals surface area contributed by atoms with Crippen LogP contribution < -0.4 is 5.32 Å². The van der Waals surface area contributed by atoms with Crippen molar-refractivity contribution in [3.05, 3.63) is 23.9 Å². The number of pyridine rings is 1. The molecule has 1 aliphatic rings. The maximum absolute atomic E-state index is 5.46. The molecular formula is C14H20N4O. The number of anilines is 1. The molecule has 0 saturated heterocycles. The van der Waals surface area contributed by atoms with Crippen LogP contribution in [0, 0.1) is 12.3 Å². The van der Waals surface area contributed by atoms with Crippen molar-refractivity contribution in [2.75, 3.05) is 12.4 Å². The molecule has 1 saturated carbocycles. The zero-order valence-electron chi connectivity index (χ0n) is 11.8. The SMILES string of the molecule is COC1CC(Nc2nc3cccc(C)n3n2)C1(C)C. The third kappa shape index (κ3) is 1.89. The van der Waals surface area contributed by atoms with Crippen LogP contribution in [0.25, 0.3) is 5.65 Å². The van der Waals surface area contributed by atoms with Crippen molar-refractivity contribution < 1.29 is 4.74 Å². The lowest BCUT2D eigenvalue weighted by Crippen LogP contribution is -2.57. The molecule has 1 N–H and O–H groups in total. The van der Waals surface area contributed by atoms with E-state index in [-0.39, 0.29) is 5.41 Å².